The summed E-state index contributed by atoms with van der Waals surface area (Å²) < 4.78 is 27.8. The van der Waals surface area contributed by atoms with Crippen molar-refractivity contribution >= 4 is 45.6 Å². The van der Waals surface area contributed by atoms with E-state index in [1.54, 1.807) is 54.7 Å². The number of amides is 1. The fourth-order valence-electron chi connectivity index (χ4n) is 6.58. The van der Waals surface area contributed by atoms with Crippen molar-refractivity contribution in [3.63, 3.8) is 0 Å². The average Bonchev–Trinajstić information content (AvgIpc) is 3.51. The number of benzene rings is 3. The zero-order chi connectivity index (χ0) is 31.8. The van der Waals surface area contributed by atoms with Crippen LogP contribution in [0.1, 0.15) is 31.7 Å². The van der Waals surface area contributed by atoms with E-state index >= 15 is 0 Å². The molecule has 45 heavy (non-hydrogen) atoms. The zero-order valence-electron chi connectivity index (χ0n) is 24.3. The van der Waals surface area contributed by atoms with Crippen LogP contribution in [0.5, 0.6) is 0 Å². The van der Waals surface area contributed by atoms with Crippen LogP contribution in [0.3, 0.4) is 0 Å². The Kier molecular flexibility index (Phi) is 9.39. The second-order valence-corrected chi connectivity index (χ2v) is 12.3. The SMILES string of the molecule is CO[C@@H]1[C@@H](n2cc(-c3ccc(F)c4ccccc34)nn2)[C@@H](O)[C@@H](CO)O[C@H]1C(=O)N(c1cc(Cl)cc(Cl)c1)[C@H]1CCCC[C@@H]1O. The molecule has 1 saturated heterocycles. The smallest absolute Gasteiger partial charge is 0.259 e. The Bertz CT molecular complexity index is 1670. The summed E-state index contributed by atoms with van der Waals surface area (Å²) in [6, 6.07) is 13.0. The van der Waals surface area contributed by atoms with Crippen LogP contribution in [0, 0.1) is 5.82 Å². The fourth-order valence-corrected chi connectivity index (χ4v) is 7.10. The van der Waals surface area contributed by atoms with E-state index < -0.39 is 55.1 Å². The number of hydrogen-bond acceptors (Lipinski definition) is 8. The third kappa shape index (κ3) is 6.06. The van der Waals surface area contributed by atoms with Gasteiger partial charge in [-0.25, -0.2) is 9.07 Å². The number of aromatic nitrogens is 3. The molecule has 3 aromatic carbocycles. The van der Waals surface area contributed by atoms with Crippen LogP contribution in [0.2, 0.25) is 10.0 Å². The third-order valence-corrected chi connectivity index (χ3v) is 9.17. The molecule has 0 radical (unpaired) electrons. The molecule has 1 aliphatic carbocycles. The van der Waals surface area contributed by atoms with E-state index in [1.807, 2.05) is 0 Å². The minimum absolute atomic E-state index is 0.304. The van der Waals surface area contributed by atoms with Crippen LogP contribution in [-0.4, -0.2) is 86.5 Å². The van der Waals surface area contributed by atoms with Crippen LogP contribution in [0.4, 0.5) is 10.1 Å². The van der Waals surface area contributed by atoms with Gasteiger partial charge >= 0.3 is 0 Å². The third-order valence-electron chi connectivity index (χ3n) is 8.73. The number of anilines is 1. The Labute approximate surface area is 268 Å². The van der Waals surface area contributed by atoms with Crippen molar-refractivity contribution in [2.45, 2.75) is 68.3 Å². The molecule has 13 heteroatoms. The van der Waals surface area contributed by atoms with E-state index in [-0.39, 0.29) is 5.82 Å². The molecule has 1 aromatic heterocycles. The summed E-state index contributed by atoms with van der Waals surface area (Å²) in [6.07, 6.45) is -1.58. The van der Waals surface area contributed by atoms with E-state index in [0.717, 1.165) is 12.8 Å². The molecule has 10 nitrogen and oxygen atoms in total. The summed E-state index contributed by atoms with van der Waals surface area (Å²) in [5.74, 6) is -0.937. The number of aliphatic hydroxyl groups is 3. The molecule has 3 N–H and O–H groups in total. The van der Waals surface area contributed by atoms with Gasteiger partial charge in [0.2, 0.25) is 0 Å². The van der Waals surface area contributed by atoms with Gasteiger partial charge in [-0.1, -0.05) is 65.5 Å². The highest BCUT2D eigenvalue weighted by Gasteiger charge is 2.52. The maximum atomic E-state index is 14.6. The number of carbonyl (C=O) groups is 1. The summed E-state index contributed by atoms with van der Waals surface area (Å²) in [7, 11) is 1.38. The van der Waals surface area contributed by atoms with Crippen LogP contribution < -0.4 is 4.90 Å². The van der Waals surface area contributed by atoms with Crippen molar-refractivity contribution in [2.75, 3.05) is 18.6 Å². The first-order valence-corrected chi connectivity index (χ1v) is 15.5. The van der Waals surface area contributed by atoms with Crippen LogP contribution >= 0.6 is 23.2 Å². The van der Waals surface area contributed by atoms with Gasteiger partial charge in [-0.05, 0) is 48.6 Å². The van der Waals surface area contributed by atoms with Crippen molar-refractivity contribution in [2.24, 2.45) is 0 Å². The zero-order valence-corrected chi connectivity index (χ0v) is 25.9. The summed E-state index contributed by atoms with van der Waals surface area (Å²) in [5, 5.41) is 42.9. The van der Waals surface area contributed by atoms with Crippen molar-refractivity contribution in [3.8, 4) is 11.3 Å². The number of hydrogen-bond donors (Lipinski definition) is 3. The van der Waals surface area contributed by atoms with Gasteiger partial charge in [0.25, 0.3) is 5.91 Å². The van der Waals surface area contributed by atoms with Crippen molar-refractivity contribution < 1.29 is 34.0 Å². The number of methoxy groups -OCH3 is 1. The highest BCUT2D eigenvalue weighted by molar-refractivity contribution is 6.35. The van der Waals surface area contributed by atoms with Crippen LogP contribution in [0.15, 0.2) is 60.8 Å². The van der Waals surface area contributed by atoms with Gasteiger partial charge in [-0.15, -0.1) is 5.10 Å². The van der Waals surface area contributed by atoms with E-state index in [1.165, 1.54) is 22.8 Å². The van der Waals surface area contributed by atoms with Gasteiger partial charge < -0.3 is 29.7 Å². The Hall–Kier alpha value is -3.16. The Balaban J connectivity index is 1.40. The molecule has 1 saturated carbocycles. The highest BCUT2D eigenvalue weighted by Crippen LogP contribution is 2.38. The van der Waals surface area contributed by atoms with Crippen molar-refractivity contribution in [1.82, 2.24) is 15.0 Å². The fraction of sp³-hybridized carbons (Fsp3) is 0.406. The average molecular weight is 660 g/mol. The summed E-state index contributed by atoms with van der Waals surface area (Å²) in [5.41, 5.74) is 1.40. The first-order chi connectivity index (χ1) is 21.7. The molecule has 0 bridgehead atoms. The van der Waals surface area contributed by atoms with E-state index in [4.69, 9.17) is 32.7 Å². The lowest BCUT2D eigenvalue weighted by Gasteiger charge is -2.46. The maximum Gasteiger partial charge on any atom is 0.259 e. The van der Waals surface area contributed by atoms with Gasteiger partial charge in [0.05, 0.1) is 24.9 Å². The summed E-state index contributed by atoms with van der Waals surface area (Å²) >= 11 is 12.7. The van der Waals surface area contributed by atoms with Gasteiger partial charge in [-0.3, -0.25) is 4.79 Å². The van der Waals surface area contributed by atoms with E-state index in [2.05, 4.69) is 10.3 Å². The molecule has 1 aliphatic heterocycles. The van der Waals surface area contributed by atoms with Crippen molar-refractivity contribution in [3.05, 3.63) is 76.7 Å². The predicted molar refractivity (Wildman–Crippen MR) is 167 cm³/mol. The second kappa shape index (κ2) is 13.3. The molecular formula is C32H33Cl2FN4O6. The van der Waals surface area contributed by atoms with E-state index in [0.29, 0.717) is 50.6 Å². The number of ether oxygens (including phenoxy) is 2. The highest BCUT2D eigenvalue weighted by atomic mass is 35.5. The number of rotatable bonds is 7. The lowest BCUT2D eigenvalue weighted by molar-refractivity contribution is -0.211. The van der Waals surface area contributed by atoms with Crippen molar-refractivity contribution in [1.29, 1.82) is 0 Å². The maximum absolute atomic E-state index is 14.6. The molecule has 6 rings (SSSR count). The minimum atomic E-state index is -1.35. The van der Waals surface area contributed by atoms with Crippen LogP contribution in [-0.2, 0) is 14.3 Å². The van der Waals surface area contributed by atoms with E-state index in [9.17, 15) is 24.5 Å². The molecule has 238 valence electrons. The van der Waals surface area contributed by atoms with Gasteiger partial charge in [0.1, 0.15) is 35.9 Å². The molecule has 2 fully saturated rings. The quantitative estimate of drug-likeness (QED) is 0.264. The van der Waals surface area contributed by atoms with Gasteiger partial charge in [0.15, 0.2) is 6.10 Å². The van der Waals surface area contributed by atoms with Crippen LogP contribution in [0.25, 0.3) is 22.0 Å². The lowest BCUT2D eigenvalue weighted by atomic mass is 9.88. The molecular weight excluding hydrogens is 626 g/mol. The standard InChI is InChI=1S/C32H33Cl2FN4O6/c1-44-30-28(38-15-24(36-37-38)22-10-11-23(35)21-7-3-2-6-20(21)22)29(42)27(16-40)45-31(30)32(43)39(25-8-4-5-9-26(25)41)19-13-17(33)12-18(34)14-19/h2-3,6-7,10-15,25-31,40-42H,4-5,8-9,16H2,1H3/t25-,26-,27+,28-,29-,30+,31+/m0/s1. The Morgan fingerprint density at radius 1 is 1.09 bits per heavy atom. The molecule has 4 aromatic rings. The first kappa shape index (κ1) is 31.8. The molecule has 7 atom stereocenters. The molecule has 1 amide bonds. The number of halogens is 3. The summed E-state index contributed by atoms with van der Waals surface area (Å²) in [6.45, 7) is -0.600. The predicted octanol–water partition coefficient (Wildman–Crippen LogP) is 4.56. The number of aliphatic hydroxyl groups excluding tert-OH is 3. The normalized spacial score (nSPS) is 27.0. The minimum Gasteiger partial charge on any atom is -0.394 e. The molecule has 0 unspecified atom stereocenters. The molecule has 0 spiro atoms. The topological polar surface area (TPSA) is 130 Å². The lowest BCUT2D eigenvalue weighted by Crippen LogP contribution is -2.63. The first-order valence-electron chi connectivity index (χ1n) is 14.8. The number of fused-ring (bicyclic) bond motifs is 1. The largest absolute Gasteiger partial charge is 0.394 e. The van der Waals surface area contributed by atoms with Gasteiger partial charge in [-0.2, -0.15) is 0 Å². The Morgan fingerprint density at radius 2 is 1.80 bits per heavy atom. The molecule has 2 aliphatic rings. The molecule has 2 heterocycles. The van der Waals surface area contributed by atoms with Gasteiger partial charge in [0, 0.05) is 33.8 Å². The number of nitrogens with zero attached hydrogens (tertiary/aromatic N) is 4. The monoisotopic (exact) mass is 658 g/mol. The second-order valence-electron chi connectivity index (χ2n) is 11.4. The number of carbonyl (C=O) groups excluding carboxylic acids is 1. The summed E-state index contributed by atoms with van der Waals surface area (Å²) in [4.78, 5) is 16.0. The Morgan fingerprint density at radius 3 is 2.49 bits per heavy atom.